The van der Waals surface area contributed by atoms with Gasteiger partial charge in [0.25, 0.3) is 11.4 Å². The maximum Gasteiger partial charge on any atom is 0.273 e. The fourth-order valence-electron chi connectivity index (χ4n) is 2.81. The van der Waals surface area contributed by atoms with Crippen LogP contribution < -0.4 is 0 Å². The first-order valence-corrected chi connectivity index (χ1v) is 7.49. The van der Waals surface area contributed by atoms with Gasteiger partial charge in [-0.1, -0.05) is 38.1 Å². The summed E-state index contributed by atoms with van der Waals surface area (Å²) in [6.45, 7) is 3.46. The number of nitro groups is 2. The van der Waals surface area contributed by atoms with Gasteiger partial charge in [-0.3, -0.25) is 25.0 Å². The van der Waals surface area contributed by atoms with Crippen LogP contribution in [0.15, 0.2) is 36.4 Å². The predicted molar refractivity (Wildman–Crippen MR) is 88.4 cm³/mol. The minimum Gasteiger partial charge on any atom is -0.289 e. The van der Waals surface area contributed by atoms with Gasteiger partial charge in [0.2, 0.25) is 0 Å². The average molecular weight is 328 g/mol. The molecule has 0 aromatic heterocycles. The largest absolute Gasteiger partial charge is 0.289 e. The minimum absolute atomic E-state index is 0.119. The molecule has 0 fully saturated rings. The summed E-state index contributed by atoms with van der Waals surface area (Å²) in [7, 11) is 0. The van der Waals surface area contributed by atoms with Crippen LogP contribution in [-0.4, -0.2) is 15.6 Å². The number of ketones is 1. The molecule has 0 aliphatic rings. The fourth-order valence-corrected chi connectivity index (χ4v) is 2.81. The van der Waals surface area contributed by atoms with Crippen LogP contribution >= 0.6 is 0 Å². The van der Waals surface area contributed by atoms with Crippen molar-refractivity contribution in [2.45, 2.75) is 26.7 Å². The number of carbonyl (C=O) groups excluding carboxylic acids is 1. The number of rotatable bonds is 6. The van der Waals surface area contributed by atoms with Crippen molar-refractivity contribution >= 4 is 17.2 Å². The Balaban J connectivity index is 2.67. The normalized spacial score (nSPS) is 10.4. The zero-order valence-corrected chi connectivity index (χ0v) is 13.3. The summed E-state index contributed by atoms with van der Waals surface area (Å²) in [5, 5.41) is 22.3. The Bertz CT molecular complexity index is 762. The standard InChI is InChI=1S/C17H16N2O5/c1-3-11-13(7-5-9-15(11)18(21)22)17(20)14-8-6-10-16(19(23)24)12(14)4-2/h5-10H,3-4H2,1-2H3. The molecule has 0 spiro atoms. The van der Waals surface area contributed by atoms with Crippen molar-refractivity contribution in [1.29, 1.82) is 0 Å². The summed E-state index contributed by atoms with van der Waals surface area (Å²) >= 11 is 0. The molecule has 0 saturated carbocycles. The first-order chi connectivity index (χ1) is 11.4. The van der Waals surface area contributed by atoms with E-state index >= 15 is 0 Å². The monoisotopic (exact) mass is 328 g/mol. The van der Waals surface area contributed by atoms with E-state index in [2.05, 4.69) is 0 Å². The van der Waals surface area contributed by atoms with Crippen molar-refractivity contribution in [1.82, 2.24) is 0 Å². The second-order valence-electron chi connectivity index (χ2n) is 5.16. The molecule has 0 aliphatic carbocycles. The summed E-state index contributed by atoms with van der Waals surface area (Å²) in [6, 6.07) is 8.65. The van der Waals surface area contributed by atoms with E-state index in [9.17, 15) is 25.0 Å². The third kappa shape index (κ3) is 3.01. The van der Waals surface area contributed by atoms with Crippen LogP contribution in [0, 0.1) is 20.2 Å². The SMILES string of the molecule is CCc1c(C(=O)c2cccc([N+](=O)[O-])c2CC)cccc1[N+](=O)[O-]. The van der Waals surface area contributed by atoms with Gasteiger partial charge in [-0.15, -0.1) is 0 Å². The van der Waals surface area contributed by atoms with Gasteiger partial charge >= 0.3 is 0 Å². The minimum atomic E-state index is -0.524. The van der Waals surface area contributed by atoms with Crippen molar-refractivity contribution in [2.24, 2.45) is 0 Å². The topological polar surface area (TPSA) is 103 Å². The Morgan fingerprint density at radius 1 is 0.833 bits per heavy atom. The van der Waals surface area contributed by atoms with E-state index < -0.39 is 15.6 Å². The number of nitrogens with zero attached hydrogens (tertiary/aromatic N) is 2. The third-order valence-electron chi connectivity index (χ3n) is 3.89. The number of carbonyl (C=O) groups is 1. The van der Waals surface area contributed by atoms with Gasteiger partial charge in [-0.25, -0.2) is 0 Å². The molecule has 124 valence electrons. The van der Waals surface area contributed by atoms with E-state index in [1.165, 1.54) is 36.4 Å². The highest BCUT2D eigenvalue weighted by atomic mass is 16.6. The number of nitro benzene ring substituents is 2. The van der Waals surface area contributed by atoms with Crippen LogP contribution in [0.25, 0.3) is 0 Å². The smallest absolute Gasteiger partial charge is 0.273 e. The predicted octanol–water partition coefficient (Wildman–Crippen LogP) is 3.86. The van der Waals surface area contributed by atoms with Gasteiger partial charge in [0.1, 0.15) is 0 Å². The lowest BCUT2D eigenvalue weighted by molar-refractivity contribution is -0.385. The second-order valence-corrected chi connectivity index (χ2v) is 5.16. The first-order valence-electron chi connectivity index (χ1n) is 7.49. The van der Waals surface area contributed by atoms with Crippen molar-refractivity contribution in [3.05, 3.63) is 78.9 Å². The number of benzene rings is 2. The van der Waals surface area contributed by atoms with E-state index in [-0.39, 0.29) is 22.5 Å². The van der Waals surface area contributed by atoms with Crippen molar-refractivity contribution in [3.8, 4) is 0 Å². The summed E-state index contributed by atoms with van der Waals surface area (Å²) in [4.78, 5) is 34.2. The molecule has 0 radical (unpaired) electrons. The Kier molecular flexibility index (Phi) is 5.03. The highest BCUT2D eigenvalue weighted by Gasteiger charge is 2.25. The van der Waals surface area contributed by atoms with Crippen LogP contribution in [-0.2, 0) is 12.8 Å². The van der Waals surface area contributed by atoms with E-state index in [0.29, 0.717) is 24.0 Å². The molecule has 2 rings (SSSR count). The van der Waals surface area contributed by atoms with Crippen molar-refractivity contribution in [3.63, 3.8) is 0 Å². The van der Waals surface area contributed by atoms with Gasteiger partial charge < -0.3 is 0 Å². The summed E-state index contributed by atoms with van der Waals surface area (Å²) in [5.41, 5.74) is 0.851. The molecule has 2 aromatic carbocycles. The van der Waals surface area contributed by atoms with Crippen LogP contribution in [0.2, 0.25) is 0 Å². The molecule has 7 nitrogen and oxygen atoms in total. The molecule has 7 heteroatoms. The van der Waals surface area contributed by atoms with Crippen LogP contribution in [0.4, 0.5) is 11.4 Å². The first kappa shape index (κ1) is 17.3. The molecule has 0 aliphatic heterocycles. The van der Waals surface area contributed by atoms with E-state index in [1.54, 1.807) is 13.8 Å². The Hall–Kier alpha value is -3.09. The molecular formula is C17H16N2O5. The highest BCUT2D eigenvalue weighted by molar-refractivity contribution is 6.11. The molecule has 0 N–H and O–H groups in total. The van der Waals surface area contributed by atoms with E-state index in [0.717, 1.165) is 0 Å². The Labute approximate surface area is 138 Å². The molecule has 0 amide bonds. The van der Waals surface area contributed by atoms with Gasteiger partial charge in [0, 0.05) is 34.4 Å². The number of hydrogen-bond acceptors (Lipinski definition) is 5. The molecule has 24 heavy (non-hydrogen) atoms. The van der Waals surface area contributed by atoms with Gasteiger partial charge in [0.15, 0.2) is 5.78 Å². The molecule has 0 heterocycles. The third-order valence-corrected chi connectivity index (χ3v) is 3.89. The lowest BCUT2D eigenvalue weighted by Crippen LogP contribution is -2.11. The maximum atomic E-state index is 12.9. The van der Waals surface area contributed by atoms with Gasteiger partial charge in [0.05, 0.1) is 9.85 Å². The van der Waals surface area contributed by atoms with Crippen LogP contribution in [0.3, 0.4) is 0 Å². The lowest BCUT2D eigenvalue weighted by Gasteiger charge is -2.11. The number of hydrogen-bond donors (Lipinski definition) is 0. The van der Waals surface area contributed by atoms with E-state index in [1.807, 2.05) is 0 Å². The summed E-state index contributed by atoms with van der Waals surface area (Å²) in [6.07, 6.45) is 0.628. The highest BCUT2D eigenvalue weighted by Crippen LogP contribution is 2.29. The lowest BCUT2D eigenvalue weighted by atomic mass is 9.91. The van der Waals surface area contributed by atoms with Crippen LogP contribution in [0.5, 0.6) is 0 Å². The van der Waals surface area contributed by atoms with Crippen molar-refractivity contribution in [2.75, 3.05) is 0 Å². The van der Waals surface area contributed by atoms with Gasteiger partial charge in [-0.05, 0) is 12.8 Å². The molecule has 0 unspecified atom stereocenters. The Morgan fingerprint density at radius 3 is 1.50 bits per heavy atom. The molecule has 0 atom stereocenters. The molecule has 0 bridgehead atoms. The van der Waals surface area contributed by atoms with Gasteiger partial charge in [-0.2, -0.15) is 0 Å². The Morgan fingerprint density at radius 2 is 1.21 bits per heavy atom. The second kappa shape index (κ2) is 6.99. The molecule has 2 aromatic rings. The van der Waals surface area contributed by atoms with Crippen LogP contribution in [0.1, 0.15) is 40.9 Å². The van der Waals surface area contributed by atoms with E-state index in [4.69, 9.17) is 0 Å². The zero-order valence-electron chi connectivity index (χ0n) is 13.3. The molecule has 0 saturated heterocycles. The molecular weight excluding hydrogens is 312 g/mol. The quantitative estimate of drug-likeness (QED) is 0.455. The summed E-state index contributed by atoms with van der Waals surface area (Å²) < 4.78 is 0. The maximum absolute atomic E-state index is 12.9. The van der Waals surface area contributed by atoms with Crippen molar-refractivity contribution < 1.29 is 14.6 Å². The average Bonchev–Trinajstić information content (AvgIpc) is 2.59. The zero-order chi connectivity index (χ0) is 17.9. The fraction of sp³-hybridized carbons (Fsp3) is 0.235. The summed E-state index contributed by atoms with van der Waals surface area (Å²) in [5.74, 6) is -0.434.